The second kappa shape index (κ2) is 7.52. The van der Waals surface area contributed by atoms with Crippen molar-refractivity contribution in [1.29, 1.82) is 0 Å². The summed E-state index contributed by atoms with van der Waals surface area (Å²) in [4.78, 5) is 4.83. The van der Waals surface area contributed by atoms with Crippen LogP contribution in [-0.2, 0) is 6.54 Å². The lowest BCUT2D eigenvalue weighted by Gasteiger charge is -2.12. The van der Waals surface area contributed by atoms with Gasteiger partial charge in [-0.1, -0.05) is 63.9 Å². The number of para-hydroxylation sites is 3. The Morgan fingerprint density at radius 1 is 0.962 bits per heavy atom. The second-order valence-corrected chi connectivity index (χ2v) is 7.19. The molecule has 3 aromatic carbocycles. The van der Waals surface area contributed by atoms with Crippen molar-refractivity contribution in [2.45, 2.75) is 6.54 Å². The number of ether oxygens (including phenoxy) is 1. The highest BCUT2D eigenvalue weighted by Gasteiger charge is 2.13. The highest BCUT2D eigenvalue weighted by Crippen LogP contribution is 2.27. The molecule has 0 atom stereocenters. The number of hydrogen-bond acceptors (Lipinski definition) is 2. The van der Waals surface area contributed by atoms with Gasteiger partial charge in [0.2, 0.25) is 0 Å². The van der Waals surface area contributed by atoms with Crippen LogP contribution in [0.5, 0.6) is 5.75 Å². The van der Waals surface area contributed by atoms with Crippen LogP contribution in [0.15, 0.2) is 77.3 Å². The molecular formula is C21H16BrClN2O. The van der Waals surface area contributed by atoms with Crippen molar-refractivity contribution in [3.63, 3.8) is 0 Å². The Morgan fingerprint density at radius 3 is 2.62 bits per heavy atom. The standard InChI is InChI=1S/C21H16BrClN2O/c22-16-7-5-6-15(14-16)21-24-18-9-2-3-10-19(18)25(21)12-13-26-20-11-4-1-8-17(20)23/h1-11,14H,12-13H2. The third-order valence-corrected chi connectivity index (χ3v) is 4.95. The fourth-order valence-electron chi connectivity index (χ4n) is 2.96. The number of rotatable bonds is 5. The number of aromatic nitrogens is 2. The normalized spacial score (nSPS) is 11.0. The summed E-state index contributed by atoms with van der Waals surface area (Å²) >= 11 is 9.72. The number of fused-ring (bicyclic) bond motifs is 1. The van der Waals surface area contributed by atoms with Crippen LogP contribution in [0.4, 0.5) is 0 Å². The van der Waals surface area contributed by atoms with Gasteiger partial charge >= 0.3 is 0 Å². The molecule has 0 aliphatic heterocycles. The Bertz CT molecular complexity index is 1060. The summed E-state index contributed by atoms with van der Waals surface area (Å²) in [6.45, 7) is 1.18. The molecule has 0 bridgehead atoms. The molecule has 0 spiro atoms. The quantitative estimate of drug-likeness (QED) is 0.379. The van der Waals surface area contributed by atoms with E-state index in [1.54, 1.807) is 0 Å². The lowest BCUT2D eigenvalue weighted by atomic mass is 10.2. The van der Waals surface area contributed by atoms with Crippen LogP contribution in [0.2, 0.25) is 5.02 Å². The highest BCUT2D eigenvalue weighted by atomic mass is 79.9. The van der Waals surface area contributed by atoms with E-state index in [4.69, 9.17) is 21.3 Å². The SMILES string of the molecule is Clc1ccccc1OCCn1c(-c2cccc(Br)c2)nc2ccccc21. The molecule has 0 radical (unpaired) electrons. The van der Waals surface area contributed by atoms with Crippen molar-refractivity contribution < 1.29 is 4.74 Å². The third kappa shape index (κ3) is 3.48. The van der Waals surface area contributed by atoms with Gasteiger partial charge in [0, 0.05) is 10.0 Å². The molecule has 5 heteroatoms. The first kappa shape index (κ1) is 17.1. The average molecular weight is 428 g/mol. The van der Waals surface area contributed by atoms with Crippen molar-refractivity contribution in [2.75, 3.05) is 6.61 Å². The lowest BCUT2D eigenvalue weighted by molar-refractivity contribution is 0.301. The maximum atomic E-state index is 6.18. The van der Waals surface area contributed by atoms with Crippen LogP contribution < -0.4 is 4.74 Å². The monoisotopic (exact) mass is 426 g/mol. The molecule has 26 heavy (non-hydrogen) atoms. The van der Waals surface area contributed by atoms with E-state index in [1.165, 1.54) is 0 Å². The fourth-order valence-corrected chi connectivity index (χ4v) is 3.55. The van der Waals surface area contributed by atoms with Gasteiger partial charge in [-0.2, -0.15) is 0 Å². The number of nitrogens with zero attached hydrogens (tertiary/aromatic N) is 2. The molecule has 0 amide bonds. The van der Waals surface area contributed by atoms with Crippen LogP contribution in [0.25, 0.3) is 22.4 Å². The molecule has 1 aromatic heterocycles. The molecule has 0 unspecified atom stereocenters. The van der Waals surface area contributed by atoms with Crippen LogP contribution in [0.3, 0.4) is 0 Å². The van der Waals surface area contributed by atoms with Gasteiger partial charge in [0.05, 0.1) is 22.6 Å². The molecule has 4 aromatic rings. The van der Waals surface area contributed by atoms with Crippen molar-refractivity contribution in [1.82, 2.24) is 9.55 Å². The predicted molar refractivity (Wildman–Crippen MR) is 110 cm³/mol. The number of imidazole rings is 1. The van der Waals surface area contributed by atoms with Crippen molar-refractivity contribution in [2.24, 2.45) is 0 Å². The van der Waals surface area contributed by atoms with Gasteiger partial charge in [-0.15, -0.1) is 0 Å². The first-order valence-electron chi connectivity index (χ1n) is 8.31. The molecule has 0 fully saturated rings. The van der Waals surface area contributed by atoms with Gasteiger partial charge in [0.15, 0.2) is 0 Å². The van der Waals surface area contributed by atoms with Gasteiger partial charge in [-0.25, -0.2) is 4.98 Å². The first-order valence-corrected chi connectivity index (χ1v) is 9.48. The Labute approximate surface area is 165 Å². The number of benzene rings is 3. The zero-order valence-electron chi connectivity index (χ0n) is 13.9. The van der Waals surface area contributed by atoms with Gasteiger partial charge < -0.3 is 9.30 Å². The summed E-state index contributed by atoms with van der Waals surface area (Å²) < 4.78 is 9.10. The smallest absolute Gasteiger partial charge is 0.141 e. The zero-order valence-corrected chi connectivity index (χ0v) is 16.2. The maximum Gasteiger partial charge on any atom is 0.141 e. The highest BCUT2D eigenvalue weighted by molar-refractivity contribution is 9.10. The Morgan fingerprint density at radius 2 is 1.77 bits per heavy atom. The van der Waals surface area contributed by atoms with E-state index >= 15 is 0 Å². The topological polar surface area (TPSA) is 27.1 Å². The molecule has 0 saturated heterocycles. The van der Waals surface area contributed by atoms with Gasteiger partial charge in [-0.05, 0) is 36.4 Å². The van der Waals surface area contributed by atoms with E-state index in [2.05, 4.69) is 38.7 Å². The number of halogens is 2. The minimum Gasteiger partial charge on any atom is -0.490 e. The van der Waals surface area contributed by atoms with E-state index in [0.29, 0.717) is 23.9 Å². The fraction of sp³-hybridized carbons (Fsp3) is 0.0952. The number of hydrogen-bond donors (Lipinski definition) is 0. The van der Waals surface area contributed by atoms with E-state index in [0.717, 1.165) is 26.9 Å². The Hall–Kier alpha value is -2.30. The molecule has 1 heterocycles. The van der Waals surface area contributed by atoms with Crippen LogP contribution in [-0.4, -0.2) is 16.2 Å². The summed E-state index contributed by atoms with van der Waals surface area (Å²) in [6.07, 6.45) is 0. The molecule has 0 aliphatic rings. The predicted octanol–water partition coefficient (Wildman–Crippen LogP) is 6.20. The van der Waals surface area contributed by atoms with E-state index in [1.807, 2.05) is 54.6 Å². The largest absolute Gasteiger partial charge is 0.490 e. The summed E-state index contributed by atoms with van der Waals surface area (Å²) in [5.74, 6) is 1.62. The molecule has 3 nitrogen and oxygen atoms in total. The molecule has 130 valence electrons. The Kier molecular flexibility index (Phi) is 4.96. The van der Waals surface area contributed by atoms with Gasteiger partial charge in [-0.3, -0.25) is 0 Å². The molecular weight excluding hydrogens is 412 g/mol. The summed E-state index contributed by atoms with van der Waals surface area (Å²) in [5.41, 5.74) is 3.12. The molecule has 0 aliphatic carbocycles. The summed E-state index contributed by atoms with van der Waals surface area (Å²) in [7, 11) is 0. The lowest BCUT2D eigenvalue weighted by Crippen LogP contribution is -2.09. The van der Waals surface area contributed by atoms with E-state index in [-0.39, 0.29) is 0 Å². The zero-order chi connectivity index (χ0) is 17.9. The van der Waals surface area contributed by atoms with Crippen LogP contribution >= 0.6 is 27.5 Å². The summed E-state index contributed by atoms with van der Waals surface area (Å²) in [6, 6.07) is 23.8. The summed E-state index contributed by atoms with van der Waals surface area (Å²) in [5, 5.41) is 0.621. The van der Waals surface area contributed by atoms with Crippen LogP contribution in [0.1, 0.15) is 0 Å². The van der Waals surface area contributed by atoms with E-state index < -0.39 is 0 Å². The second-order valence-electron chi connectivity index (χ2n) is 5.86. The van der Waals surface area contributed by atoms with Crippen molar-refractivity contribution >= 4 is 38.6 Å². The average Bonchev–Trinajstić information content (AvgIpc) is 3.02. The van der Waals surface area contributed by atoms with Crippen LogP contribution in [0, 0.1) is 0 Å². The minimum absolute atomic E-state index is 0.505. The van der Waals surface area contributed by atoms with Crippen molar-refractivity contribution in [3.05, 3.63) is 82.3 Å². The Balaban J connectivity index is 1.67. The molecule has 4 rings (SSSR count). The van der Waals surface area contributed by atoms with E-state index in [9.17, 15) is 0 Å². The van der Waals surface area contributed by atoms with Crippen molar-refractivity contribution in [3.8, 4) is 17.1 Å². The maximum absolute atomic E-state index is 6.18. The minimum atomic E-state index is 0.505. The third-order valence-electron chi connectivity index (χ3n) is 4.15. The first-order chi connectivity index (χ1) is 12.7. The van der Waals surface area contributed by atoms with Gasteiger partial charge in [0.25, 0.3) is 0 Å². The molecule has 0 N–H and O–H groups in total. The molecule has 0 saturated carbocycles. The van der Waals surface area contributed by atoms with Gasteiger partial charge in [0.1, 0.15) is 18.2 Å².